The van der Waals surface area contributed by atoms with E-state index < -0.39 is 0 Å². The summed E-state index contributed by atoms with van der Waals surface area (Å²) in [5.41, 5.74) is 3.44. The number of hydrogen-bond acceptors (Lipinski definition) is 4. The van der Waals surface area contributed by atoms with E-state index in [1.54, 1.807) is 0 Å². The molecule has 1 fully saturated rings. The molecule has 0 radical (unpaired) electrons. The molecule has 0 unspecified atom stereocenters. The van der Waals surface area contributed by atoms with Crippen LogP contribution in [0.1, 0.15) is 19.8 Å². The van der Waals surface area contributed by atoms with Gasteiger partial charge in [0.1, 0.15) is 5.82 Å². The molecule has 24 heavy (non-hydrogen) atoms. The molecule has 0 atom stereocenters. The van der Waals surface area contributed by atoms with E-state index in [9.17, 15) is 4.79 Å². The largest absolute Gasteiger partial charge is 0.355 e. The standard InChI is InChI=1S/C18H19N5O/c1-12(24)20-14-5-3-4-13(10-14)16-11-19-17-8-9-18(21-23(16)17)22(2)15-6-7-15/h3-5,8-11,15H,6-7H2,1-2H3,(H,20,24). The van der Waals surface area contributed by atoms with Crippen molar-refractivity contribution in [3.8, 4) is 11.3 Å². The Morgan fingerprint density at radius 2 is 2.12 bits per heavy atom. The molecule has 1 amide bonds. The van der Waals surface area contributed by atoms with Crippen molar-refractivity contribution in [2.24, 2.45) is 0 Å². The third-order valence-electron chi connectivity index (χ3n) is 4.28. The Kier molecular flexibility index (Phi) is 3.45. The number of rotatable bonds is 4. The van der Waals surface area contributed by atoms with Gasteiger partial charge in [-0.25, -0.2) is 9.50 Å². The highest BCUT2D eigenvalue weighted by Crippen LogP contribution is 2.30. The van der Waals surface area contributed by atoms with Crippen LogP contribution in [-0.2, 0) is 4.79 Å². The van der Waals surface area contributed by atoms with Crippen molar-refractivity contribution in [1.29, 1.82) is 0 Å². The van der Waals surface area contributed by atoms with Crippen LogP contribution in [0.15, 0.2) is 42.6 Å². The van der Waals surface area contributed by atoms with Crippen LogP contribution < -0.4 is 10.2 Å². The lowest BCUT2D eigenvalue weighted by molar-refractivity contribution is -0.114. The predicted octanol–water partition coefficient (Wildman–Crippen LogP) is 2.95. The molecule has 122 valence electrons. The normalized spacial score (nSPS) is 13.9. The first-order chi connectivity index (χ1) is 11.6. The maximum atomic E-state index is 11.3. The Labute approximate surface area is 140 Å². The fraction of sp³-hybridized carbons (Fsp3) is 0.278. The summed E-state index contributed by atoms with van der Waals surface area (Å²) < 4.78 is 1.86. The van der Waals surface area contributed by atoms with Crippen molar-refractivity contribution >= 4 is 23.1 Å². The third-order valence-corrected chi connectivity index (χ3v) is 4.28. The van der Waals surface area contributed by atoms with Gasteiger partial charge in [-0.15, -0.1) is 5.10 Å². The zero-order chi connectivity index (χ0) is 16.7. The average Bonchev–Trinajstić information content (AvgIpc) is 3.33. The maximum absolute atomic E-state index is 11.3. The van der Waals surface area contributed by atoms with Gasteiger partial charge in [0.25, 0.3) is 0 Å². The second-order valence-electron chi connectivity index (χ2n) is 6.21. The smallest absolute Gasteiger partial charge is 0.221 e. The summed E-state index contributed by atoms with van der Waals surface area (Å²) in [7, 11) is 2.08. The van der Waals surface area contributed by atoms with Gasteiger partial charge in [0, 0.05) is 31.3 Å². The minimum atomic E-state index is -0.0863. The molecular weight excluding hydrogens is 302 g/mol. The average molecular weight is 321 g/mol. The number of nitrogens with one attached hydrogen (secondary N) is 1. The zero-order valence-corrected chi connectivity index (χ0v) is 13.7. The number of anilines is 2. The summed E-state index contributed by atoms with van der Waals surface area (Å²) in [6.07, 6.45) is 4.27. The monoisotopic (exact) mass is 321 g/mol. The molecule has 0 saturated heterocycles. The fourth-order valence-corrected chi connectivity index (χ4v) is 2.86. The van der Waals surface area contributed by atoms with E-state index in [0.717, 1.165) is 28.4 Å². The molecule has 1 N–H and O–H groups in total. The van der Waals surface area contributed by atoms with Gasteiger partial charge in [-0.3, -0.25) is 4.79 Å². The lowest BCUT2D eigenvalue weighted by Gasteiger charge is -2.17. The van der Waals surface area contributed by atoms with Crippen molar-refractivity contribution in [3.63, 3.8) is 0 Å². The lowest BCUT2D eigenvalue weighted by Crippen LogP contribution is -2.21. The summed E-state index contributed by atoms with van der Waals surface area (Å²) in [4.78, 5) is 17.9. The van der Waals surface area contributed by atoms with Gasteiger partial charge in [0.2, 0.25) is 5.91 Å². The minimum absolute atomic E-state index is 0.0863. The highest BCUT2D eigenvalue weighted by molar-refractivity contribution is 5.89. The number of amides is 1. The molecule has 6 nitrogen and oxygen atoms in total. The molecule has 1 saturated carbocycles. The molecule has 0 aliphatic heterocycles. The number of imidazole rings is 1. The van der Waals surface area contributed by atoms with Crippen LogP contribution in [0.5, 0.6) is 0 Å². The number of carbonyl (C=O) groups is 1. The first-order valence-electron chi connectivity index (χ1n) is 8.07. The number of nitrogens with zero attached hydrogens (tertiary/aromatic N) is 4. The van der Waals surface area contributed by atoms with Crippen molar-refractivity contribution in [3.05, 3.63) is 42.6 Å². The Hall–Kier alpha value is -2.89. The summed E-state index contributed by atoms with van der Waals surface area (Å²) >= 11 is 0. The molecule has 4 rings (SSSR count). The highest BCUT2D eigenvalue weighted by Gasteiger charge is 2.27. The van der Waals surface area contributed by atoms with Crippen LogP contribution in [0.2, 0.25) is 0 Å². The van der Waals surface area contributed by atoms with Crippen LogP contribution in [0.3, 0.4) is 0 Å². The molecule has 2 heterocycles. The summed E-state index contributed by atoms with van der Waals surface area (Å²) in [6, 6.07) is 12.3. The van der Waals surface area contributed by atoms with Crippen LogP contribution in [0.25, 0.3) is 16.9 Å². The molecule has 1 aliphatic carbocycles. The van der Waals surface area contributed by atoms with E-state index in [1.807, 2.05) is 47.1 Å². The van der Waals surface area contributed by atoms with E-state index in [0.29, 0.717) is 6.04 Å². The summed E-state index contributed by atoms with van der Waals surface area (Å²) in [5.74, 6) is 0.860. The number of fused-ring (bicyclic) bond motifs is 1. The molecule has 6 heteroatoms. The van der Waals surface area contributed by atoms with E-state index in [1.165, 1.54) is 19.8 Å². The predicted molar refractivity (Wildman–Crippen MR) is 94.2 cm³/mol. The Bertz CT molecular complexity index is 913. The number of aromatic nitrogens is 3. The fourth-order valence-electron chi connectivity index (χ4n) is 2.86. The van der Waals surface area contributed by atoms with Gasteiger partial charge < -0.3 is 10.2 Å². The number of carbonyl (C=O) groups excluding carboxylic acids is 1. The third kappa shape index (κ3) is 2.71. The molecule has 1 aromatic carbocycles. The maximum Gasteiger partial charge on any atom is 0.221 e. The van der Waals surface area contributed by atoms with Gasteiger partial charge in [-0.05, 0) is 37.1 Å². The van der Waals surface area contributed by atoms with Crippen molar-refractivity contribution in [2.75, 3.05) is 17.3 Å². The second kappa shape index (κ2) is 5.63. The first-order valence-corrected chi connectivity index (χ1v) is 8.07. The topological polar surface area (TPSA) is 62.5 Å². The zero-order valence-electron chi connectivity index (χ0n) is 13.7. The van der Waals surface area contributed by atoms with Crippen molar-refractivity contribution in [1.82, 2.24) is 14.6 Å². The van der Waals surface area contributed by atoms with Gasteiger partial charge in [-0.2, -0.15) is 0 Å². The highest BCUT2D eigenvalue weighted by atomic mass is 16.1. The Balaban J connectivity index is 1.76. The van der Waals surface area contributed by atoms with E-state index in [2.05, 4.69) is 22.2 Å². The summed E-state index contributed by atoms with van der Waals surface area (Å²) in [6.45, 7) is 1.50. The Morgan fingerprint density at radius 3 is 2.88 bits per heavy atom. The van der Waals surface area contributed by atoms with E-state index in [4.69, 9.17) is 5.10 Å². The van der Waals surface area contributed by atoms with Crippen LogP contribution in [0, 0.1) is 0 Å². The molecule has 0 bridgehead atoms. The van der Waals surface area contributed by atoms with E-state index in [-0.39, 0.29) is 5.91 Å². The van der Waals surface area contributed by atoms with Crippen LogP contribution >= 0.6 is 0 Å². The molecule has 1 aliphatic rings. The number of benzene rings is 1. The van der Waals surface area contributed by atoms with Crippen molar-refractivity contribution < 1.29 is 4.79 Å². The first kappa shape index (κ1) is 14.7. The SMILES string of the molecule is CC(=O)Nc1cccc(-c2cnc3ccc(N(C)C4CC4)nn23)c1. The van der Waals surface area contributed by atoms with E-state index >= 15 is 0 Å². The Morgan fingerprint density at radius 1 is 1.29 bits per heavy atom. The van der Waals surface area contributed by atoms with Crippen LogP contribution in [0.4, 0.5) is 11.5 Å². The van der Waals surface area contributed by atoms with Crippen LogP contribution in [-0.4, -0.2) is 33.6 Å². The quantitative estimate of drug-likeness (QED) is 0.802. The molecule has 2 aromatic heterocycles. The van der Waals surface area contributed by atoms with Gasteiger partial charge in [0.15, 0.2) is 5.65 Å². The summed E-state index contributed by atoms with van der Waals surface area (Å²) in [5, 5.41) is 7.57. The van der Waals surface area contributed by atoms with Crippen molar-refractivity contribution in [2.45, 2.75) is 25.8 Å². The van der Waals surface area contributed by atoms with Gasteiger partial charge >= 0.3 is 0 Å². The minimum Gasteiger partial charge on any atom is -0.355 e. The van der Waals surface area contributed by atoms with Gasteiger partial charge in [-0.1, -0.05) is 12.1 Å². The molecule has 0 spiro atoms. The lowest BCUT2D eigenvalue weighted by atomic mass is 10.1. The molecule has 3 aromatic rings. The second-order valence-corrected chi connectivity index (χ2v) is 6.21. The molecular formula is C18H19N5O. The number of hydrogen-bond donors (Lipinski definition) is 1. The van der Waals surface area contributed by atoms with Gasteiger partial charge in [0.05, 0.1) is 11.9 Å².